The van der Waals surface area contributed by atoms with E-state index in [0.29, 0.717) is 18.4 Å². The molecule has 1 N–H and O–H groups in total. The summed E-state index contributed by atoms with van der Waals surface area (Å²) in [5, 5.41) is 7.10. The monoisotopic (exact) mass is 326 g/mol. The number of carbonyl (C=O) groups is 1. The van der Waals surface area contributed by atoms with Crippen molar-refractivity contribution in [3.05, 3.63) is 42.0 Å². The van der Waals surface area contributed by atoms with Crippen LogP contribution in [0.15, 0.2) is 34.9 Å². The number of hydrogen-bond acceptors (Lipinski definition) is 4. The number of rotatable bonds is 3. The molecule has 1 saturated heterocycles. The molecule has 0 spiro atoms. The highest BCUT2D eigenvalue weighted by Crippen LogP contribution is 2.39. The third-order valence-corrected chi connectivity index (χ3v) is 4.72. The maximum absolute atomic E-state index is 12.8. The maximum Gasteiger partial charge on any atom is 0.322 e. The number of anilines is 1. The van der Waals surface area contributed by atoms with Crippen molar-refractivity contribution in [3.8, 4) is 0 Å². The van der Waals surface area contributed by atoms with Crippen LogP contribution in [0.3, 0.4) is 0 Å². The highest BCUT2D eigenvalue weighted by Gasteiger charge is 2.34. The summed E-state index contributed by atoms with van der Waals surface area (Å²) in [5.74, 6) is 1.85. The molecule has 1 aromatic heterocycles. The molecule has 1 unspecified atom stereocenters. The average Bonchev–Trinajstić information content (AvgIpc) is 3.39. The molecule has 4 rings (SSSR count). The Balaban J connectivity index is 1.53. The van der Waals surface area contributed by atoms with Crippen molar-refractivity contribution < 1.29 is 9.32 Å². The van der Waals surface area contributed by atoms with Gasteiger partial charge in [-0.05, 0) is 37.8 Å². The SMILES string of the molecule is O=C(Nc1ccccc1)N1CCCCCC1c1nc(C2CC2)no1. The van der Waals surface area contributed by atoms with Crippen LogP contribution in [-0.4, -0.2) is 27.6 Å². The fourth-order valence-corrected chi connectivity index (χ4v) is 3.21. The van der Waals surface area contributed by atoms with Crippen LogP contribution in [0.5, 0.6) is 0 Å². The van der Waals surface area contributed by atoms with Gasteiger partial charge in [0.1, 0.15) is 6.04 Å². The van der Waals surface area contributed by atoms with Crippen molar-refractivity contribution in [3.63, 3.8) is 0 Å². The number of likely N-dealkylation sites (tertiary alicyclic amines) is 1. The van der Waals surface area contributed by atoms with Crippen molar-refractivity contribution in [1.29, 1.82) is 0 Å². The van der Waals surface area contributed by atoms with E-state index in [1.165, 1.54) is 0 Å². The topological polar surface area (TPSA) is 71.3 Å². The van der Waals surface area contributed by atoms with E-state index in [1.807, 2.05) is 35.2 Å². The molecule has 1 aliphatic carbocycles. The average molecular weight is 326 g/mol. The summed E-state index contributed by atoms with van der Waals surface area (Å²) in [4.78, 5) is 19.2. The first-order chi connectivity index (χ1) is 11.8. The predicted octanol–water partition coefficient (Wildman–Crippen LogP) is 4.10. The molecular formula is C18H22N4O2. The standard InChI is InChI=1S/C18H22N4O2/c23-18(19-14-7-3-1-4-8-14)22-12-6-2-5-9-15(22)17-20-16(21-24-17)13-10-11-13/h1,3-4,7-8,13,15H,2,5-6,9-12H2,(H,19,23). The van der Waals surface area contributed by atoms with E-state index >= 15 is 0 Å². The first-order valence-electron chi connectivity index (χ1n) is 8.77. The quantitative estimate of drug-likeness (QED) is 0.922. The number of nitrogens with one attached hydrogen (secondary N) is 1. The lowest BCUT2D eigenvalue weighted by molar-refractivity contribution is 0.171. The van der Waals surface area contributed by atoms with Crippen LogP contribution in [0.1, 0.15) is 62.2 Å². The number of nitrogens with zero attached hydrogens (tertiary/aromatic N) is 3. The molecule has 6 heteroatoms. The molecular weight excluding hydrogens is 304 g/mol. The van der Waals surface area contributed by atoms with Crippen molar-refractivity contribution in [2.45, 2.75) is 50.5 Å². The number of aromatic nitrogens is 2. The van der Waals surface area contributed by atoms with Crippen LogP contribution >= 0.6 is 0 Å². The lowest BCUT2D eigenvalue weighted by Gasteiger charge is -2.27. The van der Waals surface area contributed by atoms with Gasteiger partial charge in [-0.25, -0.2) is 4.79 Å². The molecule has 2 aliphatic rings. The molecule has 24 heavy (non-hydrogen) atoms. The first-order valence-corrected chi connectivity index (χ1v) is 8.77. The fourth-order valence-electron chi connectivity index (χ4n) is 3.21. The van der Waals surface area contributed by atoms with Gasteiger partial charge in [0.05, 0.1) is 0 Å². The zero-order valence-electron chi connectivity index (χ0n) is 13.6. The second-order valence-electron chi connectivity index (χ2n) is 6.62. The number of amides is 2. The predicted molar refractivity (Wildman–Crippen MR) is 89.6 cm³/mol. The molecule has 6 nitrogen and oxygen atoms in total. The van der Waals surface area contributed by atoms with Crippen molar-refractivity contribution in [1.82, 2.24) is 15.0 Å². The van der Waals surface area contributed by atoms with Gasteiger partial charge < -0.3 is 14.7 Å². The van der Waals surface area contributed by atoms with Crippen LogP contribution < -0.4 is 5.32 Å². The second-order valence-corrected chi connectivity index (χ2v) is 6.62. The van der Waals surface area contributed by atoms with E-state index in [4.69, 9.17) is 4.52 Å². The first kappa shape index (κ1) is 15.2. The Morgan fingerprint density at radius 3 is 2.75 bits per heavy atom. The zero-order chi connectivity index (χ0) is 16.4. The largest absolute Gasteiger partial charge is 0.337 e. The van der Waals surface area contributed by atoms with E-state index in [9.17, 15) is 4.79 Å². The molecule has 1 saturated carbocycles. The van der Waals surface area contributed by atoms with Gasteiger partial charge in [0.2, 0.25) is 5.89 Å². The number of benzene rings is 1. The van der Waals surface area contributed by atoms with Gasteiger partial charge in [0.25, 0.3) is 0 Å². The molecule has 2 amide bonds. The Morgan fingerprint density at radius 1 is 1.12 bits per heavy atom. The molecule has 1 aliphatic heterocycles. The summed E-state index contributed by atoms with van der Waals surface area (Å²) < 4.78 is 5.51. The normalized spacial score (nSPS) is 21.3. The number of urea groups is 1. The van der Waals surface area contributed by atoms with Gasteiger partial charge in [0.15, 0.2) is 5.82 Å². The smallest absolute Gasteiger partial charge is 0.322 e. The fraction of sp³-hybridized carbons (Fsp3) is 0.500. The molecule has 0 bridgehead atoms. The van der Waals surface area contributed by atoms with E-state index in [2.05, 4.69) is 15.5 Å². The summed E-state index contributed by atoms with van der Waals surface area (Å²) in [6.45, 7) is 0.713. The molecule has 0 radical (unpaired) electrons. The molecule has 2 aromatic rings. The second kappa shape index (κ2) is 6.63. The van der Waals surface area contributed by atoms with Crippen LogP contribution in [-0.2, 0) is 0 Å². The van der Waals surface area contributed by atoms with Crippen LogP contribution in [0.4, 0.5) is 10.5 Å². The minimum absolute atomic E-state index is 0.0979. The third-order valence-electron chi connectivity index (χ3n) is 4.72. The Labute approximate surface area is 141 Å². The maximum atomic E-state index is 12.8. The van der Waals surface area contributed by atoms with Gasteiger partial charge in [0, 0.05) is 18.2 Å². The van der Waals surface area contributed by atoms with Gasteiger partial charge in [-0.3, -0.25) is 0 Å². The number of carbonyl (C=O) groups excluding carboxylic acids is 1. The van der Waals surface area contributed by atoms with Gasteiger partial charge in [-0.15, -0.1) is 0 Å². The third kappa shape index (κ3) is 3.27. The number of para-hydroxylation sites is 1. The number of hydrogen-bond donors (Lipinski definition) is 1. The Kier molecular flexibility index (Phi) is 4.19. The molecule has 126 valence electrons. The summed E-state index contributed by atoms with van der Waals surface area (Å²) in [6.07, 6.45) is 6.34. The molecule has 1 atom stereocenters. The summed E-state index contributed by atoms with van der Waals surface area (Å²) in [5.41, 5.74) is 0.801. The molecule has 2 fully saturated rings. The van der Waals surface area contributed by atoms with Crippen molar-refractivity contribution in [2.24, 2.45) is 0 Å². The Bertz CT molecular complexity index is 696. The van der Waals surface area contributed by atoms with Gasteiger partial charge in [-0.1, -0.05) is 36.2 Å². The summed E-state index contributed by atoms with van der Waals surface area (Å²) in [6, 6.07) is 9.31. The lowest BCUT2D eigenvalue weighted by atomic mass is 10.1. The Hall–Kier alpha value is -2.37. The van der Waals surface area contributed by atoms with Crippen molar-refractivity contribution >= 4 is 11.7 Å². The van der Waals surface area contributed by atoms with E-state index in [0.717, 1.165) is 50.0 Å². The molecule has 1 aromatic carbocycles. The Morgan fingerprint density at radius 2 is 1.96 bits per heavy atom. The van der Waals surface area contributed by atoms with Crippen LogP contribution in [0.25, 0.3) is 0 Å². The minimum atomic E-state index is -0.129. The zero-order valence-corrected chi connectivity index (χ0v) is 13.6. The minimum Gasteiger partial charge on any atom is -0.337 e. The van der Waals surface area contributed by atoms with Crippen LogP contribution in [0.2, 0.25) is 0 Å². The van der Waals surface area contributed by atoms with Gasteiger partial charge in [-0.2, -0.15) is 4.98 Å². The highest BCUT2D eigenvalue weighted by molar-refractivity contribution is 5.89. The van der Waals surface area contributed by atoms with Gasteiger partial charge >= 0.3 is 6.03 Å². The van der Waals surface area contributed by atoms with E-state index < -0.39 is 0 Å². The lowest BCUT2D eigenvalue weighted by Crippen LogP contribution is -2.38. The van der Waals surface area contributed by atoms with E-state index in [-0.39, 0.29) is 12.1 Å². The highest BCUT2D eigenvalue weighted by atomic mass is 16.5. The van der Waals surface area contributed by atoms with Crippen molar-refractivity contribution in [2.75, 3.05) is 11.9 Å². The summed E-state index contributed by atoms with van der Waals surface area (Å²) in [7, 11) is 0. The van der Waals surface area contributed by atoms with E-state index in [1.54, 1.807) is 0 Å². The molecule has 2 heterocycles. The summed E-state index contributed by atoms with van der Waals surface area (Å²) >= 11 is 0. The van der Waals surface area contributed by atoms with Crippen LogP contribution in [0, 0.1) is 0 Å².